The summed E-state index contributed by atoms with van der Waals surface area (Å²) in [4.78, 5) is 27.2. The zero-order valence-electron chi connectivity index (χ0n) is 17.2. The molecule has 1 saturated carbocycles. The van der Waals surface area contributed by atoms with Gasteiger partial charge in [-0.2, -0.15) is 13.2 Å². The smallest absolute Gasteiger partial charge is 0.417 e. The number of benzene rings is 1. The number of nitrogens with zero attached hydrogens (tertiary/aromatic N) is 4. The Morgan fingerprint density at radius 2 is 1.85 bits per heavy atom. The van der Waals surface area contributed by atoms with Crippen LogP contribution in [0.25, 0.3) is 11.4 Å². The number of rotatable bonds is 4. The molecular weight excluding hydrogens is 440 g/mol. The van der Waals surface area contributed by atoms with Gasteiger partial charge in [0, 0.05) is 36.8 Å². The molecule has 0 radical (unpaired) electrons. The van der Waals surface area contributed by atoms with Crippen molar-refractivity contribution in [2.75, 3.05) is 6.54 Å². The van der Waals surface area contributed by atoms with Crippen LogP contribution in [0.2, 0.25) is 0 Å². The molecule has 3 atom stereocenters. The molecule has 0 N–H and O–H groups in total. The van der Waals surface area contributed by atoms with E-state index in [1.54, 1.807) is 11.0 Å². The van der Waals surface area contributed by atoms with E-state index in [0.29, 0.717) is 18.5 Å². The minimum atomic E-state index is -4.48. The third kappa shape index (κ3) is 4.12. The van der Waals surface area contributed by atoms with E-state index >= 15 is 0 Å². The van der Waals surface area contributed by atoms with E-state index in [4.69, 9.17) is 4.74 Å². The van der Waals surface area contributed by atoms with Crippen LogP contribution in [-0.4, -0.2) is 44.4 Å². The Hall–Kier alpha value is -3.56. The Kier molecular flexibility index (Phi) is 5.22. The van der Waals surface area contributed by atoms with Crippen molar-refractivity contribution in [1.29, 1.82) is 0 Å². The van der Waals surface area contributed by atoms with E-state index in [-0.39, 0.29) is 35.1 Å². The van der Waals surface area contributed by atoms with Crippen molar-refractivity contribution in [3.8, 4) is 17.3 Å². The van der Waals surface area contributed by atoms with Crippen LogP contribution < -0.4 is 4.74 Å². The molecule has 2 fully saturated rings. The number of carbonyl (C=O) groups is 1. The lowest BCUT2D eigenvalue weighted by Gasteiger charge is -2.33. The number of amides is 1. The van der Waals surface area contributed by atoms with Gasteiger partial charge in [0.25, 0.3) is 5.91 Å². The highest BCUT2D eigenvalue weighted by atomic mass is 19.4. The van der Waals surface area contributed by atoms with Crippen LogP contribution in [0.4, 0.5) is 17.6 Å². The third-order valence-corrected chi connectivity index (χ3v) is 6.04. The Labute approximate surface area is 186 Å². The molecule has 170 valence electrons. The fourth-order valence-electron chi connectivity index (χ4n) is 4.58. The summed E-state index contributed by atoms with van der Waals surface area (Å²) in [5, 5.41) is 0. The van der Waals surface area contributed by atoms with E-state index in [1.165, 1.54) is 36.7 Å². The average Bonchev–Trinajstić information content (AvgIpc) is 3.40. The number of pyridine rings is 1. The maximum atomic E-state index is 14.0. The normalized spacial score (nSPS) is 21.9. The van der Waals surface area contributed by atoms with Gasteiger partial charge in [0.2, 0.25) is 5.88 Å². The molecule has 3 aromatic rings. The van der Waals surface area contributed by atoms with Crippen molar-refractivity contribution in [2.24, 2.45) is 5.92 Å². The van der Waals surface area contributed by atoms with Crippen LogP contribution in [0, 0.1) is 11.7 Å². The molecule has 1 aliphatic carbocycles. The lowest BCUT2D eigenvalue weighted by atomic mass is 10.0. The topological polar surface area (TPSA) is 68.2 Å². The maximum absolute atomic E-state index is 14.0. The highest BCUT2D eigenvalue weighted by Crippen LogP contribution is 2.41. The van der Waals surface area contributed by atoms with Crippen molar-refractivity contribution >= 4 is 5.91 Å². The lowest BCUT2D eigenvalue weighted by Crippen LogP contribution is -2.47. The van der Waals surface area contributed by atoms with E-state index in [2.05, 4.69) is 15.0 Å². The van der Waals surface area contributed by atoms with Crippen molar-refractivity contribution in [1.82, 2.24) is 19.9 Å². The van der Waals surface area contributed by atoms with Crippen molar-refractivity contribution in [3.05, 3.63) is 71.9 Å². The molecule has 2 bridgehead atoms. The summed E-state index contributed by atoms with van der Waals surface area (Å²) in [5.41, 5.74) is -0.279. The first-order chi connectivity index (χ1) is 15.8. The second-order valence-corrected chi connectivity index (χ2v) is 8.16. The molecule has 2 aliphatic rings. The number of hydrogen-bond acceptors (Lipinski definition) is 5. The monoisotopic (exact) mass is 458 g/mol. The van der Waals surface area contributed by atoms with Gasteiger partial charge in [0.05, 0.1) is 17.2 Å². The maximum Gasteiger partial charge on any atom is 0.417 e. The van der Waals surface area contributed by atoms with Crippen LogP contribution in [0.5, 0.6) is 5.88 Å². The van der Waals surface area contributed by atoms with Crippen molar-refractivity contribution in [3.63, 3.8) is 0 Å². The molecule has 6 nitrogen and oxygen atoms in total. The first-order valence-corrected chi connectivity index (χ1v) is 10.4. The van der Waals surface area contributed by atoms with Crippen molar-refractivity contribution in [2.45, 2.75) is 31.2 Å². The highest BCUT2D eigenvalue weighted by Gasteiger charge is 2.48. The second-order valence-electron chi connectivity index (χ2n) is 8.16. The number of carbonyl (C=O) groups excluding carboxylic acids is 1. The number of likely N-dealkylation sites (tertiary alicyclic amines) is 1. The molecule has 2 aromatic heterocycles. The van der Waals surface area contributed by atoms with Gasteiger partial charge in [-0.25, -0.2) is 19.3 Å². The van der Waals surface area contributed by atoms with Gasteiger partial charge >= 0.3 is 6.18 Å². The second kappa shape index (κ2) is 8.09. The predicted molar refractivity (Wildman–Crippen MR) is 109 cm³/mol. The minimum absolute atomic E-state index is 0.0769. The van der Waals surface area contributed by atoms with E-state index in [1.807, 2.05) is 0 Å². The Morgan fingerprint density at radius 3 is 2.52 bits per heavy atom. The zero-order chi connectivity index (χ0) is 23.2. The number of alkyl halides is 3. The predicted octanol–water partition coefficient (Wildman–Crippen LogP) is 4.38. The number of halogens is 4. The van der Waals surface area contributed by atoms with Gasteiger partial charge in [0.1, 0.15) is 11.9 Å². The minimum Gasteiger partial charge on any atom is -0.472 e. The van der Waals surface area contributed by atoms with E-state index in [0.717, 1.165) is 18.7 Å². The van der Waals surface area contributed by atoms with Crippen LogP contribution in [0.3, 0.4) is 0 Å². The molecule has 1 saturated heterocycles. The molecule has 1 aromatic carbocycles. The molecule has 1 amide bonds. The lowest BCUT2D eigenvalue weighted by molar-refractivity contribution is -0.137. The molecule has 0 unspecified atom stereocenters. The summed E-state index contributed by atoms with van der Waals surface area (Å²) in [6, 6.07) is 7.34. The number of fused-ring (bicyclic) bond motifs is 2. The van der Waals surface area contributed by atoms with Gasteiger partial charge < -0.3 is 9.64 Å². The van der Waals surface area contributed by atoms with Crippen LogP contribution >= 0.6 is 0 Å². The third-order valence-electron chi connectivity index (χ3n) is 6.04. The summed E-state index contributed by atoms with van der Waals surface area (Å²) in [5.74, 6) is -0.278. The fourth-order valence-corrected chi connectivity index (χ4v) is 4.58. The average molecular weight is 458 g/mol. The fraction of sp³-hybridized carbons (Fsp3) is 0.304. The van der Waals surface area contributed by atoms with E-state index in [9.17, 15) is 22.4 Å². The summed E-state index contributed by atoms with van der Waals surface area (Å²) < 4.78 is 58.1. The molecule has 1 aliphatic heterocycles. The number of aromatic nitrogens is 3. The molecule has 33 heavy (non-hydrogen) atoms. The highest BCUT2D eigenvalue weighted by molar-refractivity contribution is 6.00. The largest absolute Gasteiger partial charge is 0.472 e. The molecule has 10 heteroatoms. The Balaban J connectivity index is 1.37. The molecular formula is C23H18F4N4O2. The van der Waals surface area contributed by atoms with Crippen molar-refractivity contribution < 1.29 is 27.1 Å². The number of ether oxygens (including phenoxy) is 1. The zero-order valence-corrected chi connectivity index (χ0v) is 17.2. The van der Waals surface area contributed by atoms with Gasteiger partial charge in [-0.1, -0.05) is 0 Å². The summed E-state index contributed by atoms with van der Waals surface area (Å²) in [7, 11) is 0. The van der Waals surface area contributed by atoms with Crippen LogP contribution in [-0.2, 0) is 6.18 Å². The summed E-state index contributed by atoms with van der Waals surface area (Å²) in [6.45, 7) is 0.524. The first kappa shape index (κ1) is 21.3. The van der Waals surface area contributed by atoms with Crippen LogP contribution in [0.1, 0.15) is 28.8 Å². The summed E-state index contributed by atoms with van der Waals surface area (Å²) in [6.07, 6.45) is 0.284. The van der Waals surface area contributed by atoms with E-state index < -0.39 is 23.7 Å². The number of piperidine rings is 1. The molecule has 3 heterocycles. The summed E-state index contributed by atoms with van der Waals surface area (Å²) >= 11 is 0. The van der Waals surface area contributed by atoms with Gasteiger partial charge in [-0.05, 0) is 49.1 Å². The molecule has 5 rings (SSSR count). The van der Waals surface area contributed by atoms with Crippen LogP contribution in [0.15, 0.2) is 55.0 Å². The van der Waals surface area contributed by atoms with Gasteiger partial charge in [-0.15, -0.1) is 0 Å². The Morgan fingerprint density at radius 1 is 1.06 bits per heavy atom. The quantitative estimate of drug-likeness (QED) is 0.543. The SMILES string of the molecule is O=C(c1ccc(F)cc1-c1ncccn1)N1C[C@H]2C[C@@H](Oc3ccc(C(F)(F)F)cn3)[C@@H]1C2. The first-order valence-electron chi connectivity index (χ1n) is 10.4. The van der Waals surface area contributed by atoms with Gasteiger partial charge in [-0.3, -0.25) is 4.79 Å². The molecule has 0 spiro atoms. The van der Waals surface area contributed by atoms with Gasteiger partial charge in [0.15, 0.2) is 5.82 Å². The Bertz CT molecular complexity index is 1170. The number of hydrogen-bond donors (Lipinski definition) is 0. The standard InChI is InChI=1S/C23H18F4N4O2/c24-15-3-4-16(17(10-15)21-28-6-1-7-29-21)22(32)31-12-13-8-18(31)19(9-13)33-20-5-2-14(11-30-20)23(25,26)27/h1-7,10-11,13,18-19H,8-9,12H2/t13-,18+,19-/m1/s1.